The number of carboxylic acid groups (broad SMARTS) is 1. The number of amides is 2. The Hall–Kier alpha value is -3.39. The van der Waals surface area contributed by atoms with Crippen LogP contribution in [0.5, 0.6) is 0 Å². The third-order valence-electron chi connectivity index (χ3n) is 6.79. The highest BCUT2D eigenvalue weighted by Crippen LogP contribution is 2.44. The first-order valence-electron chi connectivity index (χ1n) is 11.7. The van der Waals surface area contributed by atoms with Crippen molar-refractivity contribution in [1.82, 2.24) is 10.2 Å². The molecule has 4 rings (SSSR count). The lowest BCUT2D eigenvalue weighted by Gasteiger charge is -2.25. The second-order valence-electron chi connectivity index (χ2n) is 8.90. The highest BCUT2D eigenvalue weighted by molar-refractivity contribution is 5.82. The van der Waals surface area contributed by atoms with Gasteiger partial charge in [0.05, 0.1) is 6.61 Å². The number of carbonyl (C=O) groups is 3. The molecule has 2 aliphatic carbocycles. The van der Waals surface area contributed by atoms with Crippen molar-refractivity contribution in [3.8, 4) is 11.1 Å². The van der Waals surface area contributed by atoms with Gasteiger partial charge >= 0.3 is 12.1 Å². The summed E-state index contributed by atoms with van der Waals surface area (Å²) in [7, 11) is 0. The first kappa shape index (κ1) is 23.8. The molecule has 2 aromatic rings. The van der Waals surface area contributed by atoms with Crippen LogP contribution in [0.2, 0.25) is 0 Å². The van der Waals surface area contributed by atoms with E-state index >= 15 is 0 Å². The number of benzene rings is 2. The zero-order chi connectivity index (χ0) is 24.1. The Kier molecular flexibility index (Phi) is 7.47. The molecule has 3 N–H and O–H groups in total. The number of rotatable bonds is 9. The molecule has 8 heteroatoms. The van der Waals surface area contributed by atoms with Crippen molar-refractivity contribution in [3.63, 3.8) is 0 Å². The molecule has 8 nitrogen and oxygen atoms in total. The second-order valence-corrected chi connectivity index (χ2v) is 8.90. The number of nitrogens with zero attached hydrogens (tertiary/aromatic N) is 1. The van der Waals surface area contributed by atoms with Crippen molar-refractivity contribution in [3.05, 3.63) is 59.7 Å². The topological polar surface area (TPSA) is 116 Å². The average Bonchev–Trinajstić information content (AvgIpc) is 3.39. The molecule has 0 bridgehead atoms. The summed E-state index contributed by atoms with van der Waals surface area (Å²) in [5, 5.41) is 21.1. The summed E-state index contributed by atoms with van der Waals surface area (Å²) in [5.41, 5.74) is 4.61. The SMILES string of the molecule is O=C(O)CN(CCO)C(=O)C[C@@H]1CCC[C@H]1NC(=O)OCC1c2ccccc2-c2ccccc21. The number of carboxylic acids is 1. The number of alkyl carbamates (subject to hydrolysis) is 1. The third kappa shape index (κ3) is 5.22. The van der Waals surface area contributed by atoms with Crippen molar-refractivity contribution in [2.45, 2.75) is 37.6 Å². The average molecular weight is 467 g/mol. The second kappa shape index (κ2) is 10.7. The number of aliphatic carboxylic acids is 1. The lowest BCUT2D eigenvalue weighted by atomic mass is 9.98. The van der Waals surface area contributed by atoms with Gasteiger partial charge in [0.1, 0.15) is 13.2 Å². The molecule has 2 atom stereocenters. The molecule has 0 aromatic heterocycles. The molecule has 0 spiro atoms. The van der Waals surface area contributed by atoms with Crippen molar-refractivity contribution in [2.75, 3.05) is 26.3 Å². The highest BCUT2D eigenvalue weighted by atomic mass is 16.5. The summed E-state index contributed by atoms with van der Waals surface area (Å²) < 4.78 is 5.64. The fourth-order valence-electron chi connectivity index (χ4n) is 5.19. The van der Waals surface area contributed by atoms with Gasteiger partial charge in [-0.3, -0.25) is 9.59 Å². The predicted molar refractivity (Wildman–Crippen MR) is 125 cm³/mol. The van der Waals surface area contributed by atoms with Crippen LogP contribution in [0.4, 0.5) is 4.79 Å². The highest BCUT2D eigenvalue weighted by Gasteiger charge is 2.33. The molecular weight excluding hydrogens is 436 g/mol. The van der Waals surface area contributed by atoms with Crippen LogP contribution in [0.15, 0.2) is 48.5 Å². The summed E-state index contributed by atoms with van der Waals surface area (Å²) in [6.07, 6.45) is 1.98. The molecule has 0 saturated heterocycles. The number of carbonyl (C=O) groups excluding carboxylic acids is 2. The number of ether oxygens (including phenoxy) is 1. The van der Waals surface area contributed by atoms with Crippen molar-refractivity contribution >= 4 is 18.0 Å². The number of nitrogens with one attached hydrogen (secondary N) is 1. The van der Waals surface area contributed by atoms with Gasteiger partial charge in [-0.25, -0.2) is 4.79 Å². The standard InChI is InChI=1S/C26H30N2O6/c29-13-12-28(15-25(31)32)24(30)14-17-6-5-11-23(17)27-26(33)34-16-22-20-9-3-1-7-18(20)19-8-2-4-10-21(19)22/h1-4,7-10,17,22-23,29H,5-6,11-16H2,(H,27,33)(H,31,32)/t17-,23+/m0/s1. The van der Waals surface area contributed by atoms with Crippen LogP contribution in [-0.2, 0) is 14.3 Å². The molecule has 34 heavy (non-hydrogen) atoms. The van der Waals surface area contributed by atoms with E-state index in [2.05, 4.69) is 29.6 Å². The Morgan fingerprint density at radius 3 is 2.26 bits per heavy atom. The molecular formula is C26H30N2O6. The lowest BCUT2D eigenvalue weighted by Crippen LogP contribution is -2.42. The van der Waals surface area contributed by atoms with Crippen molar-refractivity contribution < 1.29 is 29.3 Å². The van der Waals surface area contributed by atoms with Gasteiger partial charge in [-0.2, -0.15) is 0 Å². The normalized spacial score (nSPS) is 18.7. The van der Waals surface area contributed by atoms with Crippen LogP contribution < -0.4 is 5.32 Å². The molecule has 0 radical (unpaired) electrons. The van der Waals surface area contributed by atoms with Gasteiger partial charge in [0.25, 0.3) is 0 Å². The van der Waals surface area contributed by atoms with Crippen molar-refractivity contribution in [1.29, 1.82) is 0 Å². The number of fused-ring (bicyclic) bond motifs is 3. The molecule has 1 fully saturated rings. The van der Waals surface area contributed by atoms with E-state index in [1.165, 1.54) is 0 Å². The number of hydrogen-bond acceptors (Lipinski definition) is 5. The third-order valence-corrected chi connectivity index (χ3v) is 6.79. The van der Waals surface area contributed by atoms with E-state index in [9.17, 15) is 14.4 Å². The molecule has 0 aliphatic heterocycles. The summed E-state index contributed by atoms with van der Waals surface area (Å²) in [6.45, 7) is -0.552. The Labute approximate surface area is 198 Å². The fourth-order valence-corrected chi connectivity index (χ4v) is 5.19. The smallest absolute Gasteiger partial charge is 0.407 e. The van der Waals surface area contributed by atoms with Crippen LogP contribution in [-0.4, -0.2) is 65.4 Å². The molecule has 0 unspecified atom stereocenters. The predicted octanol–water partition coefficient (Wildman–Crippen LogP) is 2.99. The summed E-state index contributed by atoms with van der Waals surface area (Å²) in [6, 6.07) is 16.1. The largest absolute Gasteiger partial charge is 0.480 e. The van der Waals surface area contributed by atoms with Crippen LogP contribution in [0, 0.1) is 5.92 Å². The fraction of sp³-hybridized carbons (Fsp3) is 0.423. The Balaban J connectivity index is 1.34. The van der Waals surface area contributed by atoms with Gasteiger partial charge in [-0.05, 0) is 41.0 Å². The van der Waals surface area contributed by atoms with Gasteiger partial charge in [0, 0.05) is 24.9 Å². The first-order chi connectivity index (χ1) is 16.5. The molecule has 1 saturated carbocycles. The maximum atomic E-state index is 12.7. The maximum absolute atomic E-state index is 12.7. The Bertz CT molecular complexity index is 1010. The zero-order valence-corrected chi connectivity index (χ0v) is 19.0. The Morgan fingerprint density at radius 1 is 1.00 bits per heavy atom. The van der Waals surface area contributed by atoms with Gasteiger partial charge in [-0.1, -0.05) is 55.0 Å². The zero-order valence-electron chi connectivity index (χ0n) is 19.0. The summed E-state index contributed by atoms with van der Waals surface area (Å²) >= 11 is 0. The van der Waals surface area contributed by atoms with E-state index in [0.29, 0.717) is 0 Å². The number of hydrogen-bond donors (Lipinski definition) is 3. The van der Waals surface area contributed by atoms with E-state index in [1.807, 2.05) is 24.3 Å². The van der Waals surface area contributed by atoms with Crippen LogP contribution in [0.25, 0.3) is 11.1 Å². The van der Waals surface area contributed by atoms with Crippen molar-refractivity contribution in [2.24, 2.45) is 5.92 Å². The molecule has 180 valence electrons. The van der Waals surface area contributed by atoms with Gasteiger partial charge in [0.15, 0.2) is 0 Å². The minimum Gasteiger partial charge on any atom is -0.480 e. The summed E-state index contributed by atoms with van der Waals surface area (Å²) in [4.78, 5) is 37.4. The van der Waals surface area contributed by atoms with Crippen LogP contribution >= 0.6 is 0 Å². The van der Waals surface area contributed by atoms with Crippen LogP contribution in [0.1, 0.15) is 42.7 Å². The minimum absolute atomic E-state index is 0.0255. The van der Waals surface area contributed by atoms with E-state index < -0.39 is 18.6 Å². The lowest BCUT2D eigenvalue weighted by molar-refractivity contribution is -0.145. The van der Waals surface area contributed by atoms with Gasteiger partial charge in [-0.15, -0.1) is 0 Å². The van der Waals surface area contributed by atoms with Gasteiger partial charge in [0.2, 0.25) is 5.91 Å². The summed E-state index contributed by atoms with van der Waals surface area (Å²) in [5.74, 6) is -1.57. The first-order valence-corrected chi connectivity index (χ1v) is 11.7. The maximum Gasteiger partial charge on any atom is 0.407 e. The number of aliphatic hydroxyl groups is 1. The molecule has 2 aromatic carbocycles. The van der Waals surface area contributed by atoms with Crippen LogP contribution in [0.3, 0.4) is 0 Å². The van der Waals surface area contributed by atoms with E-state index in [0.717, 1.165) is 46.4 Å². The molecule has 0 heterocycles. The van der Waals surface area contributed by atoms with E-state index in [4.69, 9.17) is 14.9 Å². The monoisotopic (exact) mass is 466 g/mol. The number of aliphatic hydroxyl groups excluding tert-OH is 1. The van der Waals surface area contributed by atoms with Gasteiger partial charge < -0.3 is 25.2 Å². The quantitative estimate of drug-likeness (QED) is 0.523. The minimum atomic E-state index is -1.12. The van der Waals surface area contributed by atoms with E-state index in [-0.39, 0.29) is 50.0 Å². The molecule has 2 amide bonds. The molecule has 2 aliphatic rings. The Morgan fingerprint density at radius 2 is 1.65 bits per heavy atom. The van der Waals surface area contributed by atoms with E-state index in [1.54, 1.807) is 0 Å².